The minimum absolute atomic E-state index is 0.00639. The van der Waals surface area contributed by atoms with E-state index in [1.54, 1.807) is 0 Å². The third-order valence-corrected chi connectivity index (χ3v) is 6.39. The van der Waals surface area contributed by atoms with Crippen molar-refractivity contribution in [3.63, 3.8) is 0 Å². The Bertz CT molecular complexity index is 1290. The molecule has 0 atom stereocenters. The van der Waals surface area contributed by atoms with Crippen molar-refractivity contribution in [2.75, 3.05) is 6.61 Å². The van der Waals surface area contributed by atoms with Gasteiger partial charge in [0.15, 0.2) is 6.61 Å². The van der Waals surface area contributed by atoms with E-state index in [9.17, 15) is 4.79 Å². The number of aliphatic carboxylic acids is 1. The molecule has 0 fully saturated rings. The molecule has 1 aliphatic rings. The summed E-state index contributed by atoms with van der Waals surface area (Å²) in [7, 11) is 0. The maximum Gasteiger partial charge on any atom is 0.341 e. The second-order valence-electron chi connectivity index (χ2n) is 8.72. The minimum atomic E-state index is -0.973. The first-order chi connectivity index (χ1) is 17.2. The molecule has 0 radical (unpaired) electrons. The summed E-state index contributed by atoms with van der Waals surface area (Å²) in [6.45, 7) is -0.333. The summed E-state index contributed by atoms with van der Waals surface area (Å²) in [5.41, 5.74) is 6.68. The lowest BCUT2D eigenvalue weighted by Crippen LogP contribution is -2.12. The normalized spacial score (nSPS) is 14.1. The Morgan fingerprint density at radius 1 is 0.971 bits per heavy atom. The molecular formula is C30H27NO4. The molecule has 0 amide bonds. The molecule has 1 N–H and O–H groups in total. The molecule has 3 aromatic carbocycles. The van der Waals surface area contributed by atoms with E-state index in [0.717, 1.165) is 41.8 Å². The molecule has 1 aliphatic carbocycles. The van der Waals surface area contributed by atoms with E-state index in [4.69, 9.17) is 14.4 Å². The second kappa shape index (κ2) is 10.4. The summed E-state index contributed by atoms with van der Waals surface area (Å²) in [5, 5.41) is 13.4. The molecule has 5 nitrogen and oxygen atoms in total. The highest BCUT2D eigenvalue weighted by Gasteiger charge is 2.21. The quantitative estimate of drug-likeness (QED) is 0.331. The minimum Gasteiger partial charge on any atom is -0.482 e. The Hall–Kier alpha value is -4.12. The highest BCUT2D eigenvalue weighted by Crippen LogP contribution is 2.37. The average molecular weight is 466 g/mol. The fraction of sp³-hybridized carbons (Fsp3) is 0.200. The van der Waals surface area contributed by atoms with Gasteiger partial charge in [0.1, 0.15) is 11.5 Å². The average Bonchev–Trinajstić information content (AvgIpc) is 3.36. The zero-order valence-electron chi connectivity index (χ0n) is 19.4. The maximum absolute atomic E-state index is 10.9. The molecule has 176 valence electrons. The van der Waals surface area contributed by atoms with Gasteiger partial charge in [-0.05, 0) is 47.6 Å². The van der Waals surface area contributed by atoms with Crippen LogP contribution in [-0.2, 0) is 17.6 Å². The van der Waals surface area contributed by atoms with Crippen LogP contribution in [0, 0.1) is 0 Å². The summed E-state index contributed by atoms with van der Waals surface area (Å²) in [5.74, 6) is 0.507. The number of ether oxygens (including phenoxy) is 1. The lowest BCUT2D eigenvalue weighted by atomic mass is 9.86. The number of hydrogen-bond donors (Lipinski definition) is 1. The van der Waals surface area contributed by atoms with Gasteiger partial charge in [-0.25, -0.2) is 4.79 Å². The van der Waals surface area contributed by atoms with Crippen molar-refractivity contribution in [1.29, 1.82) is 0 Å². The summed E-state index contributed by atoms with van der Waals surface area (Å²) in [6, 6.07) is 28.6. The van der Waals surface area contributed by atoms with Gasteiger partial charge in [0.2, 0.25) is 0 Å². The number of hydrogen-bond acceptors (Lipinski definition) is 4. The van der Waals surface area contributed by atoms with Crippen LogP contribution in [0.3, 0.4) is 0 Å². The van der Waals surface area contributed by atoms with Crippen LogP contribution in [0.5, 0.6) is 5.75 Å². The van der Waals surface area contributed by atoms with Gasteiger partial charge in [0.05, 0.1) is 11.6 Å². The van der Waals surface area contributed by atoms with E-state index in [1.807, 2.05) is 48.5 Å². The number of aromatic nitrogens is 1. The van der Waals surface area contributed by atoms with Crippen LogP contribution in [0.1, 0.15) is 52.5 Å². The Morgan fingerprint density at radius 2 is 1.69 bits per heavy atom. The first-order valence-electron chi connectivity index (χ1n) is 11.9. The monoisotopic (exact) mass is 465 g/mol. The Labute approximate surface area is 204 Å². The lowest BCUT2D eigenvalue weighted by molar-refractivity contribution is -0.139. The number of nitrogens with zero attached hydrogens (tertiary/aromatic N) is 1. The number of allylic oxidation sites excluding steroid dienone is 2. The van der Waals surface area contributed by atoms with Crippen LogP contribution in [0.2, 0.25) is 0 Å². The first kappa shape index (κ1) is 22.7. The van der Waals surface area contributed by atoms with Crippen molar-refractivity contribution in [2.24, 2.45) is 0 Å². The van der Waals surface area contributed by atoms with Gasteiger partial charge in [-0.15, -0.1) is 0 Å². The van der Waals surface area contributed by atoms with Crippen LogP contribution in [0.15, 0.2) is 95.5 Å². The third-order valence-electron chi connectivity index (χ3n) is 6.39. The number of rotatable bonds is 8. The molecule has 0 spiro atoms. The predicted molar refractivity (Wildman–Crippen MR) is 135 cm³/mol. The largest absolute Gasteiger partial charge is 0.482 e. The van der Waals surface area contributed by atoms with Crippen molar-refractivity contribution >= 4 is 11.5 Å². The molecule has 35 heavy (non-hydrogen) atoms. The molecule has 0 saturated carbocycles. The van der Waals surface area contributed by atoms with Gasteiger partial charge in [-0.2, -0.15) is 0 Å². The fourth-order valence-corrected chi connectivity index (χ4v) is 4.81. The Morgan fingerprint density at radius 3 is 2.37 bits per heavy atom. The van der Waals surface area contributed by atoms with Crippen molar-refractivity contribution in [3.05, 3.63) is 125 Å². The van der Waals surface area contributed by atoms with Crippen molar-refractivity contribution < 1.29 is 19.2 Å². The van der Waals surface area contributed by atoms with E-state index in [2.05, 4.69) is 47.6 Å². The van der Waals surface area contributed by atoms with Crippen LogP contribution in [0.4, 0.5) is 0 Å². The molecule has 0 aliphatic heterocycles. The molecular weight excluding hydrogens is 438 g/mol. The van der Waals surface area contributed by atoms with E-state index in [-0.39, 0.29) is 12.5 Å². The molecule has 5 heteroatoms. The summed E-state index contributed by atoms with van der Waals surface area (Å²) < 4.78 is 11.3. The summed E-state index contributed by atoms with van der Waals surface area (Å²) in [4.78, 5) is 10.9. The molecule has 1 aromatic heterocycles. The number of carboxylic acid groups (broad SMARTS) is 1. The van der Waals surface area contributed by atoms with E-state index in [0.29, 0.717) is 12.2 Å². The van der Waals surface area contributed by atoms with Crippen LogP contribution in [-0.4, -0.2) is 22.8 Å². The van der Waals surface area contributed by atoms with E-state index >= 15 is 0 Å². The Kier molecular flexibility index (Phi) is 6.75. The topological polar surface area (TPSA) is 72.6 Å². The summed E-state index contributed by atoms with van der Waals surface area (Å²) >= 11 is 0. The predicted octanol–water partition coefficient (Wildman–Crippen LogP) is 6.28. The highest BCUT2D eigenvalue weighted by molar-refractivity contribution is 5.73. The molecule has 5 rings (SSSR count). The lowest BCUT2D eigenvalue weighted by Gasteiger charge is -2.21. The molecule has 0 unspecified atom stereocenters. The van der Waals surface area contributed by atoms with Gasteiger partial charge in [0, 0.05) is 18.1 Å². The van der Waals surface area contributed by atoms with Crippen LogP contribution in [0.25, 0.3) is 5.57 Å². The van der Waals surface area contributed by atoms with E-state index < -0.39 is 5.97 Å². The fourth-order valence-electron chi connectivity index (χ4n) is 4.81. The summed E-state index contributed by atoms with van der Waals surface area (Å²) in [6.07, 6.45) is 5.68. The zero-order valence-corrected chi connectivity index (χ0v) is 19.4. The number of fused-ring (bicyclic) bond motifs is 1. The van der Waals surface area contributed by atoms with Gasteiger partial charge in [-0.1, -0.05) is 84.0 Å². The van der Waals surface area contributed by atoms with Crippen molar-refractivity contribution in [1.82, 2.24) is 5.16 Å². The Balaban J connectivity index is 1.39. The number of benzene rings is 3. The van der Waals surface area contributed by atoms with Gasteiger partial charge in [0.25, 0.3) is 0 Å². The van der Waals surface area contributed by atoms with Crippen molar-refractivity contribution in [3.8, 4) is 5.75 Å². The number of carboxylic acids is 1. The highest BCUT2D eigenvalue weighted by atomic mass is 16.5. The maximum atomic E-state index is 10.9. The van der Waals surface area contributed by atoms with Crippen molar-refractivity contribution in [2.45, 2.75) is 31.6 Å². The van der Waals surface area contributed by atoms with E-state index in [1.165, 1.54) is 16.7 Å². The zero-order chi connectivity index (χ0) is 24.0. The number of carbonyl (C=O) groups is 1. The van der Waals surface area contributed by atoms with Crippen LogP contribution < -0.4 is 4.74 Å². The molecule has 1 heterocycles. The SMILES string of the molecule is O=C(O)COc1cccc2c1CCCC2=CCc1cc(C(c2ccccc2)c2ccccc2)no1. The van der Waals surface area contributed by atoms with Gasteiger partial charge < -0.3 is 14.4 Å². The smallest absolute Gasteiger partial charge is 0.341 e. The van der Waals surface area contributed by atoms with Crippen LogP contribution >= 0.6 is 0 Å². The molecule has 4 aromatic rings. The third kappa shape index (κ3) is 5.19. The first-order valence-corrected chi connectivity index (χ1v) is 11.9. The van der Waals surface area contributed by atoms with Gasteiger partial charge in [-0.3, -0.25) is 0 Å². The second-order valence-corrected chi connectivity index (χ2v) is 8.72. The molecule has 0 saturated heterocycles. The van der Waals surface area contributed by atoms with Gasteiger partial charge >= 0.3 is 5.97 Å². The standard InChI is InChI=1S/C30H27NO4/c32-29(33)20-34-28-16-8-14-25-21(13-7-15-26(25)28)17-18-24-19-27(31-35-24)30(22-9-3-1-4-10-22)23-11-5-2-6-12-23/h1-6,8-12,14,16-17,19,30H,7,13,15,18,20H2,(H,32,33). The molecule has 0 bridgehead atoms.